The number of likely N-dealkylation sites (N-methyl/N-ethyl adjacent to an activating group) is 1. The Hall–Kier alpha value is -3.12. The number of amides is 1. The van der Waals surface area contributed by atoms with Crippen LogP contribution in [-0.4, -0.2) is 79.7 Å². The first-order valence-electron chi connectivity index (χ1n) is 10.3. The van der Waals surface area contributed by atoms with Crippen LogP contribution in [0.15, 0.2) is 23.0 Å². The topological polar surface area (TPSA) is 208 Å². The molecule has 0 aliphatic heterocycles. The van der Waals surface area contributed by atoms with Crippen molar-refractivity contribution in [1.29, 1.82) is 0 Å². The lowest BCUT2D eigenvalue weighted by Gasteiger charge is -2.53. The number of benzene rings is 1. The molecular weight excluding hydrogens is 470 g/mol. The number of phenols is 1. The van der Waals surface area contributed by atoms with Gasteiger partial charge in [-0.05, 0) is 31.6 Å². The van der Waals surface area contributed by atoms with E-state index >= 15 is 0 Å². The molecule has 1 aromatic rings. The van der Waals surface area contributed by atoms with Crippen LogP contribution in [0.1, 0.15) is 24.0 Å². The zero-order valence-electron chi connectivity index (χ0n) is 18.4. The monoisotopic (exact) mass is 493 g/mol. The van der Waals surface area contributed by atoms with Gasteiger partial charge in [0.25, 0.3) is 5.91 Å². The number of aliphatic hydroxyl groups excluding tert-OH is 3. The molecule has 6 atom stereocenters. The van der Waals surface area contributed by atoms with Crippen molar-refractivity contribution >= 4 is 40.5 Å². The lowest BCUT2D eigenvalue weighted by molar-refractivity contribution is -0.169. The second kappa shape index (κ2) is 7.44. The fourth-order valence-electron chi connectivity index (χ4n) is 5.66. The SMILES string of the molecule is C[C@@H]1c2cc(Cl)c(N)c(O)c2C(O)=C2C(=O)[C@@]3(O)C(O)=C(C(N)=O)C(=O)[C@H](N(C)C)[C@H]3[C@H](O)[C@H]21. The second-order valence-corrected chi connectivity index (χ2v) is 9.54. The number of aromatic hydroxyl groups is 1. The summed E-state index contributed by atoms with van der Waals surface area (Å²) in [5, 5.41) is 55.4. The largest absolute Gasteiger partial charge is 0.508 e. The summed E-state index contributed by atoms with van der Waals surface area (Å²) in [5.74, 6) is -9.79. The highest BCUT2D eigenvalue weighted by molar-refractivity contribution is 6.33. The third-order valence-electron chi connectivity index (χ3n) is 7.24. The van der Waals surface area contributed by atoms with E-state index < -0.39 is 81.4 Å². The summed E-state index contributed by atoms with van der Waals surface area (Å²) < 4.78 is 0. The Morgan fingerprint density at radius 1 is 1.21 bits per heavy atom. The van der Waals surface area contributed by atoms with Crippen LogP contribution in [-0.2, 0) is 14.4 Å². The summed E-state index contributed by atoms with van der Waals surface area (Å²) in [5.41, 5.74) is 6.42. The van der Waals surface area contributed by atoms with E-state index in [9.17, 15) is 39.9 Å². The molecule has 1 saturated carbocycles. The van der Waals surface area contributed by atoms with Crippen molar-refractivity contribution in [3.8, 4) is 5.75 Å². The zero-order chi connectivity index (χ0) is 25.6. The zero-order valence-corrected chi connectivity index (χ0v) is 19.2. The first-order valence-corrected chi connectivity index (χ1v) is 10.7. The molecule has 11 nitrogen and oxygen atoms in total. The minimum absolute atomic E-state index is 0.0156. The average molecular weight is 494 g/mol. The number of carbonyl (C=O) groups excluding carboxylic acids is 3. The minimum Gasteiger partial charge on any atom is -0.508 e. The number of halogens is 1. The van der Waals surface area contributed by atoms with E-state index in [2.05, 4.69) is 0 Å². The standard InChI is InChI=1S/C22H24ClN3O8/c1-5-6-4-7(23)13(24)17(29)9(6)15(27)10-8(5)16(28)12-14(26(2)3)18(30)11(21(25)33)20(32)22(12,34)19(10)31/h4-5,8,12,14,16,27-29,32,34H,24H2,1-3H3,(H2,25,33)/t5-,8+,12+,14-,16-,22-/m1/s1. The van der Waals surface area contributed by atoms with Gasteiger partial charge in [0.2, 0.25) is 5.78 Å². The van der Waals surface area contributed by atoms with Gasteiger partial charge in [0.15, 0.2) is 17.1 Å². The van der Waals surface area contributed by atoms with Gasteiger partial charge in [-0.2, -0.15) is 0 Å². The highest BCUT2D eigenvalue weighted by atomic mass is 35.5. The Morgan fingerprint density at radius 3 is 2.32 bits per heavy atom. The summed E-state index contributed by atoms with van der Waals surface area (Å²) in [4.78, 5) is 40.1. The number of hydrogen-bond acceptors (Lipinski definition) is 10. The molecule has 34 heavy (non-hydrogen) atoms. The van der Waals surface area contributed by atoms with Gasteiger partial charge in [0, 0.05) is 11.5 Å². The van der Waals surface area contributed by atoms with Crippen molar-refractivity contribution in [3.63, 3.8) is 0 Å². The number of anilines is 1. The summed E-state index contributed by atoms with van der Waals surface area (Å²) >= 11 is 6.10. The molecule has 3 aliphatic carbocycles. The van der Waals surface area contributed by atoms with E-state index in [-0.39, 0.29) is 21.8 Å². The third-order valence-corrected chi connectivity index (χ3v) is 7.55. The number of nitrogens with zero attached hydrogens (tertiary/aromatic N) is 1. The quantitative estimate of drug-likeness (QED) is 0.163. The Bertz CT molecular complexity index is 1240. The van der Waals surface area contributed by atoms with Crippen LogP contribution in [0, 0.1) is 11.8 Å². The fraction of sp³-hybridized carbons (Fsp3) is 0.409. The smallest absolute Gasteiger partial charge is 0.255 e. The maximum Gasteiger partial charge on any atom is 0.255 e. The summed E-state index contributed by atoms with van der Waals surface area (Å²) in [6.07, 6.45) is -1.67. The lowest BCUT2D eigenvalue weighted by atomic mass is 9.54. The number of nitrogens with two attached hydrogens (primary N) is 2. The molecule has 0 unspecified atom stereocenters. The van der Waals surface area contributed by atoms with Crippen LogP contribution in [0.3, 0.4) is 0 Å². The molecule has 9 N–H and O–H groups in total. The third kappa shape index (κ3) is 2.72. The van der Waals surface area contributed by atoms with Crippen molar-refractivity contribution in [2.45, 2.75) is 30.6 Å². The van der Waals surface area contributed by atoms with Gasteiger partial charge in [-0.1, -0.05) is 18.5 Å². The van der Waals surface area contributed by atoms with Crippen LogP contribution in [0.2, 0.25) is 5.02 Å². The number of aliphatic hydroxyl groups is 4. The highest BCUT2D eigenvalue weighted by Crippen LogP contribution is 2.57. The number of ketones is 2. The van der Waals surface area contributed by atoms with Crippen LogP contribution in [0.25, 0.3) is 5.76 Å². The molecule has 0 radical (unpaired) electrons. The number of carbonyl (C=O) groups is 3. The van der Waals surface area contributed by atoms with Crippen LogP contribution in [0.5, 0.6) is 5.75 Å². The maximum absolute atomic E-state index is 13.7. The van der Waals surface area contributed by atoms with Gasteiger partial charge in [-0.15, -0.1) is 0 Å². The van der Waals surface area contributed by atoms with Crippen molar-refractivity contribution in [3.05, 3.63) is 39.1 Å². The van der Waals surface area contributed by atoms with E-state index in [4.69, 9.17) is 23.1 Å². The molecule has 182 valence electrons. The van der Waals surface area contributed by atoms with E-state index in [0.29, 0.717) is 0 Å². The van der Waals surface area contributed by atoms with E-state index in [1.54, 1.807) is 6.92 Å². The van der Waals surface area contributed by atoms with Crippen LogP contribution < -0.4 is 11.5 Å². The normalized spacial score (nSPS) is 33.1. The van der Waals surface area contributed by atoms with Gasteiger partial charge in [-0.25, -0.2) is 0 Å². The molecule has 0 spiro atoms. The Morgan fingerprint density at radius 2 is 1.79 bits per heavy atom. The molecule has 4 rings (SSSR count). The van der Waals surface area contributed by atoms with Crippen molar-refractivity contribution in [2.24, 2.45) is 17.6 Å². The van der Waals surface area contributed by atoms with Gasteiger partial charge in [0.1, 0.15) is 17.1 Å². The molecule has 3 aliphatic rings. The average Bonchev–Trinajstić information content (AvgIpc) is 2.74. The lowest BCUT2D eigenvalue weighted by Crippen LogP contribution is -2.70. The first kappa shape index (κ1) is 24.0. The van der Waals surface area contributed by atoms with Crippen molar-refractivity contribution < 1.29 is 39.9 Å². The van der Waals surface area contributed by atoms with Crippen LogP contribution >= 0.6 is 11.6 Å². The fourth-order valence-corrected chi connectivity index (χ4v) is 5.87. The van der Waals surface area contributed by atoms with Crippen molar-refractivity contribution in [2.75, 3.05) is 19.8 Å². The van der Waals surface area contributed by atoms with Gasteiger partial charge in [-0.3, -0.25) is 19.3 Å². The molecule has 0 aromatic heterocycles. The van der Waals surface area contributed by atoms with Gasteiger partial charge in [0.05, 0.1) is 34.3 Å². The van der Waals surface area contributed by atoms with Gasteiger partial charge < -0.3 is 37.0 Å². The number of hydrogen-bond donors (Lipinski definition) is 7. The summed E-state index contributed by atoms with van der Waals surface area (Å²) in [7, 11) is 2.87. The van der Waals surface area contributed by atoms with Gasteiger partial charge >= 0.3 is 0 Å². The molecule has 0 heterocycles. The molecule has 1 aromatic carbocycles. The number of rotatable bonds is 2. The number of nitrogen functional groups attached to an aromatic ring is 1. The number of primary amides is 1. The second-order valence-electron chi connectivity index (χ2n) is 9.13. The predicted molar refractivity (Wildman–Crippen MR) is 120 cm³/mol. The minimum atomic E-state index is -2.96. The molecule has 0 saturated heterocycles. The molecular formula is C22H24ClN3O8. The Balaban J connectivity index is 2.08. The number of Topliss-reactive ketones (excluding diaryl/α,β-unsaturated/α-hetero) is 2. The van der Waals surface area contributed by atoms with E-state index in [0.717, 1.165) is 0 Å². The summed E-state index contributed by atoms with van der Waals surface area (Å²) in [6.45, 7) is 1.60. The van der Waals surface area contributed by atoms with E-state index in [1.807, 2.05) is 0 Å². The number of fused-ring (bicyclic) bond motifs is 3. The number of phenolic OH excluding ortho intramolecular Hbond substituents is 1. The Kier molecular flexibility index (Phi) is 5.26. The Labute approximate surface area is 198 Å². The maximum atomic E-state index is 13.7. The summed E-state index contributed by atoms with van der Waals surface area (Å²) in [6, 6.07) is -0.0253. The molecule has 1 amide bonds. The van der Waals surface area contributed by atoms with Crippen molar-refractivity contribution in [1.82, 2.24) is 4.90 Å². The van der Waals surface area contributed by atoms with E-state index in [1.165, 1.54) is 25.1 Å². The molecule has 12 heteroatoms. The molecule has 1 fully saturated rings. The predicted octanol–water partition coefficient (Wildman–Crippen LogP) is -0.269. The molecule has 0 bridgehead atoms. The van der Waals surface area contributed by atoms with Crippen LogP contribution in [0.4, 0.5) is 5.69 Å². The first-order chi connectivity index (χ1) is 15.7. The highest BCUT2D eigenvalue weighted by Gasteiger charge is 2.68.